The average molecular weight is 384 g/mol. The molecule has 5 heteroatoms. The Balaban J connectivity index is 1.74. The zero-order valence-electron chi connectivity index (χ0n) is 16.5. The van der Waals surface area contributed by atoms with E-state index in [1.165, 1.54) is 11.1 Å². The summed E-state index contributed by atoms with van der Waals surface area (Å²) in [6.45, 7) is 4.74. The van der Waals surface area contributed by atoms with Crippen molar-refractivity contribution in [3.63, 3.8) is 0 Å². The summed E-state index contributed by atoms with van der Waals surface area (Å²) >= 11 is 0. The lowest BCUT2D eigenvalue weighted by molar-refractivity contribution is 0.0907. The molecule has 0 N–H and O–H groups in total. The van der Waals surface area contributed by atoms with Crippen molar-refractivity contribution in [3.05, 3.63) is 71.8 Å². The van der Waals surface area contributed by atoms with Gasteiger partial charge in [0.25, 0.3) is 0 Å². The first-order chi connectivity index (χ1) is 13.6. The largest absolute Gasteiger partial charge is 0.450 e. The Kier molecular flexibility index (Phi) is 7.04. The molecule has 0 radical (unpaired) electrons. The van der Waals surface area contributed by atoms with Crippen LogP contribution in [-0.2, 0) is 17.8 Å². The Labute approximate surface area is 166 Å². The number of hydrogen-bond acceptors (Lipinski definition) is 3. The van der Waals surface area contributed by atoms with E-state index in [9.17, 15) is 9.18 Å². The smallest absolute Gasteiger partial charge is 0.409 e. The van der Waals surface area contributed by atoms with Gasteiger partial charge in [-0.15, -0.1) is 0 Å². The van der Waals surface area contributed by atoms with Gasteiger partial charge in [0.1, 0.15) is 0 Å². The highest BCUT2D eigenvalue weighted by atomic mass is 19.1. The fraction of sp³-hybridized carbons (Fsp3) is 0.435. The number of benzene rings is 2. The van der Waals surface area contributed by atoms with Gasteiger partial charge in [0.15, 0.2) is 0 Å². The molecule has 2 aromatic rings. The summed E-state index contributed by atoms with van der Waals surface area (Å²) in [6, 6.07) is 20.5. The zero-order chi connectivity index (χ0) is 19.8. The SMILES string of the molecule is CCOC(=O)N1CCC(CF)(CN(Cc2ccccc2)Cc2ccccc2)C1. The van der Waals surface area contributed by atoms with Crippen molar-refractivity contribution in [2.45, 2.75) is 26.4 Å². The predicted octanol–water partition coefficient (Wildman–Crippen LogP) is 4.51. The second-order valence-corrected chi connectivity index (χ2v) is 7.62. The van der Waals surface area contributed by atoms with Gasteiger partial charge >= 0.3 is 6.09 Å². The van der Waals surface area contributed by atoms with Crippen LogP contribution in [0.2, 0.25) is 0 Å². The third-order valence-corrected chi connectivity index (χ3v) is 5.30. The molecular formula is C23H29FN2O2. The van der Waals surface area contributed by atoms with Crippen molar-refractivity contribution in [2.75, 3.05) is 32.9 Å². The number of rotatable bonds is 8. The van der Waals surface area contributed by atoms with E-state index in [2.05, 4.69) is 29.2 Å². The molecule has 1 saturated heterocycles. The van der Waals surface area contributed by atoms with E-state index in [1.54, 1.807) is 11.8 Å². The molecule has 2 aromatic carbocycles. The Morgan fingerprint density at radius 3 is 2.14 bits per heavy atom. The molecule has 0 bridgehead atoms. The number of ether oxygens (including phenoxy) is 1. The third-order valence-electron chi connectivity index (χ3n) is 5.30. The Morgan fingerprint density at radius 1 is 1.07 bits per heavy atom. The highest BCUT2D eigenvalue weighted by Crippen LogP contribution is 2.33. The van der Waals surface area contributed by atoms with Crippen LogP contribution < -0.4 is 0 Å². The van der Waals surface area contributed by atoms with E-state index in [1.807, 2.05) is 36.4 Å². The minimum atomic E-state index is -0.545. The van der Waals surface area contributed by atoms with Crippen molar-refractivity contribution in [3.8, 4) is 0 Å². The molecule has 0 saturated carbocycles. The van der Waals surface area contributed by atoms with Crippen molar-refractivity contribution in [2.24, 2.45) is 5.41 Å². The topological polar surface area (TPSA) is 32.8 Å². The highest BCUT2D eigenvalue weighted by Gasteiger charge is 2.42. The van der Waals surface area contributed by atoms with Crippen molar-refractivity contribution in [1.29, 1.82) is 0 Å². The van der Waals surface area contributed by atoms with Gasteiger partial charge in [-0.3, -0.25) is 9.29 Å². The van der Waals surface area contributed by atoms with E-state index in [-0.39, 0.29) is 6.09 Å². The third kappa shape index (κ3) is 5.32. The minimum Gasteiger partial charge on any atom is -0.450 e. The predicted molar refractivity (Wildman–Crippen MR) is 109 cm³/mol. The summed E-state index contributed by atoms with van der Waals surface area (Å²) in [5.74, 6) is 0. The summed E-state index contributed by atoms with van der Waals surface area (Å²) in [6.07, 6.45) is 0.318. The van der Waals surface area contributed by atoms with Gasteiger partial charge in [0, 0.05) is 38.1 Å². The molecule has 1 amide bonds. The fourth-order valence-corrected chi connectivity index (χ4v) is 3.91. The molecular weight excluding hydrogens is 355 g/mol. The number of carbonyl (C=O) groups excluding carboxylic acids is 1. The molecule has 28 heavy (non-hydrogen) atoms. The number of amides is 1. The van der Waals surface area contributed by atoms with Crippen LogP contribution in [0.4, 0.5) is 9.18 Å². The van der Waals surface area contributed by atoms with E-state index in [0.717, 1.165) is 13.1 Å². The number of nitrogens with zero attached hydrogens (tertiary/aromatic N) is 2. The van der Waals surface area contributed by atoms with Crippen molar-refractivity contribution >= 4 is 6.09 Å². The molecule has 0 spiro atoms. The maximum Gasteiger partial charge on any atom is 0.409 e. The van der Waals surface area contributed by atoms with Gasteiger partial charge in [-0.1, -0.05) is 60.7 Å². The second-order valence-electron chi connectivity index (χ2n) is 7.62. The van der Waals surface area contributed by atoms with Gasteiger partial charge in [-0.05, 0) is 24.5 Å². The standard InChI is InChI=1S/C23H29FN2O2/c1-2-28-22(27)26-14-13-23(17-24,19-26)18-25(15-20-9-5-3-6-10-20)16-21-11-7-4-8-12-21/h3-12H,2,13-19H2,1H3. The summed E-state index contributed by atoms with van der Waals surface area (Å²) in [5.41, 5.74) is 1.86. The van der Waals surface area contributed by atoms with Crippen LogP contribution in [0, 0.1) is 5.41 Å². The summed E-state index contributed by atoms with van der Waals surface area (Å²) < 4.78 is 19.3. The summed E-state index contributed by atoms with van der Waals surface area (Å²) in [4.78, 5) is 16.0. The number of alkyl halides is 1. The Bertz CT molecular complexity index is 699. The minimum absolute atomic E-state index is 0.338. The summed E-state index contributed by atoms with van der Waals surface area (Å²) in [7, 11) is 0. The van der Waals surface area contributed by atoms with Crippen LogP contribution in [0.5, 0.6) is 0 Å². The molecule has 0 aliphatic carbocycles. The van der Waals surface area contributed by atoms with Gasteiger partial charge in [-0.25, -0.2) is 4.79 Å². The van der Waals surface area contributed by atoms with Crippen LogP contribution >= 0.6 is 0 Å². The molecule has 3 rings (SSSR count). The molecule has 150 valence electrons. The molecule has 0 aromatic heterocycles. The molecule has 1 aliphatic heterocycles. The molecule has 1 unspecified atom stereocenters. The van der Waals surface area contributed by atoms with Gasteiger partial charge in [0.05, 0.1) is 13.3 Å². The Hall–Kier alpha value is -2.40. The van der Waals surface area contributed by atoms with Crippen LogP contribution in [-0.4, -0.2) is 48.8 Å². The molecule has 1 heterocycles. The quantitative estimate of drug-likeness (QED) is 0.671. The average Bonchev–Trinajstić information content (AvgIpc) is 3.14. The van der Waals surface area contributed by atoms with E-state index in [0.29, 0.717) is 32.7 Å². The lowest BCUT2D eigenvalue weighted by atomic mass is 9.87. The maximum absolute atomic E-state index is 14.2. The first-order valence-corrected chi connectivity index (χ1v) is 9.92. The van der Waals surface area contributed by atoms with Crippen molar-refractivity contribution < 1.29 is 13.9 Å². The molecule has 1 fully saturated rings. The lowest BCUT2D eigenvalue weighted by Crippen LogP contribution is -2.42. The fourth-order valence-electron chi connectivity index (χ4n) is 3.91. The highest BCUT2D eigenvalue weighted by molar-refractivity contribution is 5.68. The first kappa shape index (κ1) is 20.3. The molecule has 1 atom stereocenters. The Morgan fingerprint density at radius 2 is 1.64 bits per heavy atom. The lowest BCUT2D eigenvalue weighted by Gasteiger charge is -2.33. The summed E-state index contributed by atoms with van der Waals surface area (Å²) in [5, 5.41) is 0. The number of carbonyl (C=O) groups is 1. The van der Waals surface area contributed by atoms with Gasteiger partial charge < -0.3 is 9.64 Å². The second kappa shape index (κ2) is 9.69. The number of likely N-dealkylation sites (tertiary alicyclic amines) is 1. The number of hydrogen-bond donors (Lipinski definition) is 0. The zero-order valence-corrected chi connectivity index (χ0v) is 16.5. The van der Waals surface area contributed by atoms with Gasteiger partial charge in [-0.2, -0.15) is 0 Å². The van der Waals surface area contributed by atoms with Gasteiger partial charge in [0.2, 0.25) is 0 Å². The van der Waals surface area contributed by atoms with Crippen LogP contribution in [0.3, 0.4) is 0 Å². The monoisotopic (exact) mass is 384 g/mol. The maximum atomic E-state index is 14.2. The first-order valence-electron chi connectivity index (χ1n) is 9.92. The van der Waals surface area contributed by atoms with Crippen LogP contribution in [0.25, 0.3) is 0 Å². The molecule has 4 nitrogen and oxygen atoms in total. The van der Waals surface area contributed by atoms with E-state index < -0.39 is 12.1 Å². The normalized spacial score (nSPS) is 19.2. The number of halogens is 1. The molecule has 1 aliphatic rings. The van der Waals surface area contributed by atoms with E-state index >= 15 is 0 Å². The van der Waals surface area contributed by atoms with Crippen LogP contribution in [0.1, 0.15) is 24.5 Å². The van der Waals surface area contributed by atoms with Crippen LogP contribution in [0.15, 0.2) is 60.7 Å². The van der Waals surface area contributed by atoms with E-state index in [4.69, 9.17) is 4.74 Å². The van der Waals surface area contributed by atoms with Crippen molar-refractivity contribution in [1.82, 2.24) is 9.80 Å².